The van der Waals surface area contributed by atoms with E-state index in [1.807, 2.05) is 23.1 Å². The van der Waals surface area contributed by atoms with Crippen molar-refractivity contribution in [2.45, 2.75) is 45.4 Å². The summed E-state index contributed by atoms with van der Waals surface area (Å²) in [7, 11) is 0. The highest BCUT2D eigenvalue weighted by molar-refractivity contribution is 7.99. The van der Waals surface area contributed by atoms with Gasteiger partial charge in [0.15, 0.2) is 0 Å². The van der Waals surface area contributed by atoms with Crippen LogP contribution in [0.2, 0.25) is 0 Å². The molecule has 0 bridgehead atoms. The van der Waals surface area contributed by atoms with Gasteiger partial charge in [-0.2, -0.15) is 0 Å². The maximum absolute atomic E-state index is 6.31. The Balaban J connectivity index is 2.56. The zero-order chi connectivity index (χ0) is 14.3. The molecule has 0 saturated heterocycles. The van der Waals surface area contributed by atoms with Crippen LogP contribution >= 0.6 is 23.1 Å². The summed E-state index contributed by atoms with van der Waals surface area (Å²) in [5.41, 5.74) is 6.31. The Bertz CT molecular complexity index is 348. The van der Waals surface area contributed by atoms with Gasteiger partial charge in [-0.3, -0.25) is 0 Å². The van der Waals surface area contributed by atoms with Crippen molar-refractivity contribution in [2.24, 2.45) is 5.73 Å². The lowest BCUT2D eigenvalue weighted by Gasteiger charge is -2.23. The largest absolute Gasteiger partial charge is 0.326 e. The van der Waals surface area contributed by atoms with E-state index in [1.165, 1.54) is 9.75 Å². The summed E-state index contributed by atoms with van der Waals surface area (Å²) in [5.74, 6) is 1.16. The lowest BCUT2D eigenvalue weighted by atomic mass is 10.1. The maximum atomic E-state index is 6.31. The van der Waals surface area contributed by atoms with Crippen LogP contribution in [0.15, 0.2) is 12.1 Å². The monoisotopic (exact) mass is 300 g/mol. The summed E-state index contributed by atoms with van der Waals surface area (Å²) in [4.78, 5) is 5.30. The summed E-state index contributed by atoms with van der Waals surface area (Å²) in [6, 6.07) is 4.73. The molecule has 2 nitrogen and oxygen atoms in total. The molecule has 0 aliphatic rings. The molecular weight excluding hydrogens is 272 g/mol. The third kappa shape index (κ3) is 5.46. The fourth-order valence-corrected chi connectivity index (χ4v) is 4.67. The van der Waals surface area contributed by atoms with Gasteiger partial charge in [-0.1, -0.05) is 20.8 Å². The van der Waals surface area contributed by atoms with E-state index in [9.17, 15) is 0 Å². The van der Waals surface area contributed by atoms with Crippen molar-refractivity contribution in [3.63, 3.8) is 0 Å². The zero-order valence-electron chi connectivity index (χ0n) is 12.7. The Kier molecular flexibility index (Phi) is 8.07. The van der Waals surface area contributed by atoms with Crippen molar-refractivity contribution in [3.8, 4) is 0 Å². The van der Waals surface area contributed by atoms with Crippen LogP contribution in [0.1, 0.15) is 42.2 Å². The van der Waals surface area contributed by atoms with Crippen LogP contribution in [0, 0.1) is 6.92 Å². The first kappa shape index (κ1) is 17.0. The molecule has 1 heterocycles. The number of nitrogens with two attached hydrogens (primary N) is 1. The van der Waals surface area contributed by atoms with Crippen molar-refractivity contribution in [2.75, 3.05) is 25.4 Å². The van der Waals surface area contributed by atoms with Gasteiger partial charge < -0.3 is 10.6 Å². The van der Waals surface area contributed by atoms with Crippen LogP contribution in [0.5, 0.6) is 0 Å². The summed E-state index contributed by atoms with van der Waals surface area (Å²) in [6.45, 7) is 12.2. The smallest absolute Gasteiger partial charge is 0.0542 e. The molecule has 0 radical (unpaired) electrons. The highest BCUT2D eigenvalue weighted by Gasteiger charge is 2.20. The molecule has 110 valence electrons. The SMILES string of the molecule is CCC(N)C(SCCN(CC)CC)c1ccc(C)s1. The van der Waals surface area contributed by atoms with Crippen LogP contribution < -0.4 is 5.73 Å². The maximum Gasteiger partial charge on any atom is 0.0542 e. The van der Waals surface area contributed by atoms with Gasteiger partial charge in [-0.15, -0.1) is 23.1 Å². The van der Waals surface area contributed by atoms with Gasteiger partial charge in [0.2, 0.25) is 0 Å². The third-order valence-electron chi connectivity index (χ3n) is 3.50. The molecule has 4 heteroatoms. The third-order valence-corrected chi connectivity index (χ3v) is 6.12. The van der Waals surface area contributed by atoms with Gasteiger partial charge in [0.1, 0.15) is 0 Å². The Morgan fingerprint density at radius 3 is 2.42 bits per heavy atom. The average molecular weight is 301 g/mol. The van der Waals surface area contributed by atoms with Crippen molar-refractivity contribution < 1.29 is 0 Å². The Hall–Kier alpha value is -0.0300. The first-order chi connectivity index (χ1) is 9.12. The van der Waals surface area contributed by atoms with Crippen molar-refractivity contribution >= 4 is 23.1 Å². The van der Waals surface area contributed by atoms with Gasteiger partial charge in [0, 0.05) is 28.1 Å². The molecule has 0 saturated carbocycles. The molecule has 0 aliphatic carbocycles. The highest BCUT2D eigenvalue weighted by atomic mass is 32.2. The number of hydrogen-bond donors (Lipinski definition) is 1. The number of thioether (sulfide) groups is 1. The minimum Gasteiger partial charge on any atom is -0.326 e. The fraction of sp³-hybridized carbons (Fsp3) is 0.733. The fourth-order valence-electron chi connectivity index (χ4n) is 2.09. The lowest BCUT2D eigenvalue weighted by Crippen LogP contribution is -2.28. The van der Waals surface area contributed by atoms with Crippen molar-refractivity contribution in [1.29, 1.82) is 0 Å². The molecule has 0 spiro atoms. The molecule has 2 atom stereocenters. The molecule has 1 aromatic rings. The minimum absolute atomic E-state index is 0.264. The van der Waals surface area contributed by atoms with Crippen LogP contribution in [0.4, 0.5) is 0 Å². The predicted octanol–water partition coefficient (Wildman–Crippen LogP) is 3.91. The number of aryl methyl sites for hydroxylation is 1. The van der Waals surface area contributed by atoms with Crippen LogP contribution in [0.25, 0.3) is 0 Å². The first-order valence-electron chi connectivity index (χ1n) is 7.28. The second kappa shape index (κ2) is 9.01. The molecule has 0 aliphatic heterocycles. The topological polar surface area (TPSA) is 29.3 Å². The molecule has 1 aromatic heterocycles. The molecule has 2 N–H and O–H groups in total. The van der Waals surface area contributed by atoms with E-state index >= 15 is 0 Å². The number of rotatable bonds is 9. The van der Waals surface area contributed by atoms with Crippen molar-refractivity contribution in [3.05, 3.63) is 21.9 Å². The molecule has 1 rings (SSSR count). The second-order valence-corrected chi connectivity index (χ2v) is 7.41. The quantitative estimate of drug-likeness (QED) is 0.750. The van der Waals surface area contributed by atoms with Gasteiger partial charge >= 0.3 is 0 Å². The van der Waals surface area contributed by atoms with Gasteiger partial charge in [0.25, 0.3) is 0 Å². The zero-order valence-corrected chi connectivity index (χ0v) is 14.3. The molecule has 2 unspecified atom stereocenters. The second-order valence-electron chi connectivity index (χ2n) is 4.84. The summed E-state index contributed by atoms with van der Waals surface area (Å²) >= 11 is 3.92. The van der Waals surface area contributed by atoms with E-state index < -0.39 is 0 Å². The van der Waals surface area contributed by atoms with Crippen LogP contribution in [0.3, 0.4) is 0 Å². The summed E-state index contributed by atoms with van der Waals surface area (Å²) in [5, 5.41) is 0.458. The Morgan fingerprint density at radius 2 is 1.95 bits per heavy atom. The molecular formula is C15H28N2S2. The van der Waals surface area contributed by atoms with Gasteiger partial charge in [0.05, 0.1) is 5.25 Å². The van der Waals surface area contributed by atoms with E-state index in [1.54, 1.807) is 0 Å². The van der Waals surface area contributed by atoms with E-state index in [-0.39, 0.29) is 6.04 Å². The number of nitrogens with zero attached hydrogens (tertiary/aromatic N) is 1. The highest BCUT2D eigenvalue weighted by Crippen LogP contribution is 2.36. The molecule has 0 fully saturated rings. The predicted molar refractivity (Wildman–Crippen MR) is 90.3 cm³/mol. The van der Waals surface area contributed by atoms with E-state index in [4.69, 9.17) is 5.73 Å². The van der Waals surface area contributed by atoms with Crippen molar-refractivity contribution in [1.82, 2.24) is 4.90 Å². The van der Waals surface area contributed by atoms with E-state index in [0.717, 1.165) is 31.8 Å². The molecule has 0 aromatic carbocycles. The lowest BCUT2D eigenvalue weighted by molar-refractivity contribution is 0.323. The normalized spacial score (nSPS) is 14.8. The number of hydrogen-bond acceptors (Lipinski definition) is 4. The van der Waals surface area contributed by atoms with E-state index in [2.05, 4.69) is 44.7 Å². The van der Waals surface area contributed by atoms with Crippen LogP contribution in [-0.2, 0) is 0 Å². The first-order valence-corrected chi connectivity index (χ1v) is 9.14. The van der Waals surface area contributed by atoms with Gasteiger partial charge in [-0.25, -0.2) is 0 Å². The van der Waals surface area contributed by atoms with Gasteiger partial charge in [-0.05, 0) is 38.6 Å². The average Bonchev–Trinajstić information content (AvgIpc) is 2.84. The summed E-state index contributed by atoms with van der Waals surface area (Å²) < 4.78 is 0. The molecule has 19 heavy (non-hydrogen) atoms. The molecule has 0 amide bonds. The number of thiophene rings is 1. The van der Waals surface area contributed by atoms with E-state index in [0.29, 0.717) is 5.25 Å². The van der Waals surface area contributed by atoms with Crippen LogP contribution in [-0.4, -0.2) is 36.3 Å². The minimum atomic E-state index is 0.264. The Morgan fingerprint density at radius 1 is 1.26 bits per heavy atom. The summed E-state index contributed by atoms with van der Waals surface area (Å²) in [6.07, 6.45) is 1.04. The standard InChI is InChI=1S/C15H28N2S2/c1-5-13(16)15(14-9-8-12(4)19-14)18-11-10-17(6-2)7-3/h8-9,13,15H,5-7,10-11,16H2,1-4H3. The Labute approximate surface area is 126 Å².